The van der Waals surface area contributed by atoms with E-state index in [-0.39, 0.29) is 27.9 Å². The predicted molar refractivity (Wildman–Crippen MR) is 73.7 cm³/mol. The minimum atomic E-state index is -4.58. The van der Waals surface area contributed by atoms with Gasteiger partial charge in [-0.2, -0.15) is 13.2 Å². The first-order valence-electron chi connectivity index (χ1n) is 5.40. The zero-order chi connectivity index (χ0) is 15.6. The molecule has 2 rings (SSSR count). The first kappa shape index (κ1) is 16.0. The number of amides is 1. The normalized spacial score (nSPS) is 11.5. The summed E-state index contributed by atoms with van der Waals surface area (Å²) in [5.74, 6) is -0.529. The number of alkyl halides is 3. The first-order valence-corrected chi connectivity index (χ1v) is 6.97. The van der Waals surface area contributed by atoms with Gasteiger partial charge in [0.25, 0.3) is 0 Å². The Kier molecular flexibility index (Phi) is 4.70. The van der Waals surface area contributed by atoms with Crippen molar-refractivity contribution in [1.29, 1.82) is 0 Å². The number of hydrogen-bond acceptors (Lipinski definition) is 4. The molecule has 1 heterocycles. The van der Waals surface area contributed by atoms with Crippen molar-refractivity contribution in [3.05, 3.63) is 38.8 Å². The summed E-state index contributed by atoms with van der Waals surface area (Å²) >= 11 is 11.8. The van der Waals surface area contributed by atoms with Gasteiger partial charge in [0.05, 0.1) is 16.5 Å². The first-order chi connectivity index (χ1) is 9.75. The second-order valence-electron chi connectivity index (χ2n) is 3.88. The van der Waals surface area contributed by atoms with Crippen molar-refractivity contribution in [2.45, 2.75) is 12.6 Å². The number of carbonyl (C=O) groups is 1. The van der Waals surface area contributed by atoms with Crippen LogP contribution in [0.5, 0.6) is 0 Å². The lowest BCUT2D eigenvalue weighted by Crippen LogP contribution is -2.14. The summed E-state index contributed by atoms with van der Waals surface area (Å²) in [4.78, 5) is 11.7. The van der Waals surface area contributed by atoms with Gasteiger partial charge in [0, 0.05) is 0 Å². The number of nitrogens with one attached hydrogen (secondary N) is 1. The Morgan fingerprint density at radius 3 is 2.52 bits per heavy atom. The van der Waals surface area contributed by atoms with Crippen LogP contribution in [0.1, 0.15) is 10.6 Å². The molecule has 10 heteroatoms. The summed E-state index contributed by atoms with van der Waals surface area (Å²) in [5.41, 5.74) is 0.572. The van der Waals surface area contributed by atoms with Gasteiger partial charge in [-0.15, -0.1) is 10.2 Å². The van der Waals surface area contributed by atoms with Crippen molar-refractivity contribution in [3.8, 4) is 0 Å². The van der Waals surface area contributed by atoms with Gasteiger partial charge in [-0.05, 0) is 17.7 Å². The van der Waals surface area contributed by atoms with Crippen molar-refractivity contribution in [2.75, 3.05) is 5.32 Å². The number of halogens is 5. The third-order valence-electron chi connectivity index (χ3n) is 2.26. The number of rotatable bonds is 3. The SMILES string of the molecule is O=C(Cc1ccc(Cl)c(Cl)c1)Nc1nnc(C(F)(F)F)s1. The summed E-state index contributed by atoms with van der Waals surface area (Å²) in [5, 5.41) is 7.78. The number of anilines is 1. The molecular weight excluding hydrogens is 350 g/mol. The maximum Gasteiger partial charge on any atom is 0.445 e. The molecule has 0 saturated carbocycles. The second-order valence-corrected chi connectivity index (χ2v) is 5.68. The monoisotopic (exact) mass is 355 g/mol. The molecule has 21 heavy (non-hydrogen) atoms. The fourth-order valence-electron chi connectivity index (χ4n) is 1.39. The van der Waals surface area contributed by atoms with Crippen LogP contribution in [0.25, 0.3) is 0 Å². The highest BCUT2D eigenvalue weighted by Crippen LogP contribution is 2.33. The molecule has 4 nitrogen and oxygen atoms in total. The van der Waals surface area contributed by atoms with Crippen molar-refractivity contribution in [3.63, 3.8) is 0 Å². The van der Waals surface area contributed by atoms with Crippen LogP contribution in [-0.2, 0) is 17.4 Å². The van der Waals surface area contributed by atoms with Gasteiger partial charge >= 0.3 is 6.18 Å². The zero-order valence-electron chi connectivity index (χ0n) is 10.0. The molecule has 0 fully saturated rings. The lowest BCUT2D eigenvalue weighted by molar-refractivity contribution is -0.138. The van der Waals surface area contributed by atoms with E-state index in [4.69, 9.17) is 23.2 Å². The Balaban J connectivity index is 2.01. The predicted octanol–water partition coefficient (Wildman–Crippen LogP) is 4.04. The molecule has 1 N–H and O–H groups in total. The van der Waals surface area contributed by atoms with Crippen molar-refractivity contribution >= 4 is 45.6 Å². The summed E-state index contributed by atoms with van der Waals surface area (Å²) in [6.45, 7) is 0. The van der Waals surface area contributed by atoms with Crippen molar-refractivity contribution in [2.24, 2.45) is 0 Å². The van der Waals surface area contributed by atoms with E-state index in [0.717, 1.165) is 0 Å². The van der Waals surface area contributed by atoms with E-state index in [0.29, 0.717) is 10.6 Å². The van der Waals surface area contributed by atoms with Gasteiger partial charge in [0.1, 0.15) is 0 Å². The molecule has 112 valence electrons. The fourth-order valence-corrected chi connectivity index (χ4v) is 2.33. The standard InChI is InChI=1S/C11H6Cl2F3N3OS/c12-6-2-1-5(3-7(6)13)4-8(20)17-10-19-18-9(21-10)11(14,15)16/h1-3H,4H2,(H,17,19,20). The molecule has 1 aromatic carbocycles. The zero-order valence-corrected chi connectivity index (χ0v) is 12.4. The third-order valence-corrected chi connectivity index (χ3v) is 3.89. The van der Waals surface area contributed by atoms with Crippen LogP contribution in [0.15, 0.2) is 18.2 Å². The molecule has 0 radical (unpaired) electrons. The van der Waals surface area contributed by atoms with Crippen LogP contribution < -0.4 is 5.32 Å². The van der Waals surface area contributed by atoms with Crippen LogP contribution in [0, 0.1) is 0 Å². The fraction of sp³-hybridized carbons (Fsp3) is 0.182. The third kappa shape index (κ3) is 4.29. The number of benzene rings is 1. The molecule has 0 unspecified atom stereocenters. The van der Waals surface area contributed by atoms with E-state index in [2.05, 4.69) is 15.5 Å². The van der Waals surface area contributed by atoms with E-state index < -0.39 is 17.1 Å². The summed E-state index contributed by atoms with van der Waals surface area (Å²) in [7, 11) is 0. The molecule has 0 saturated heterocycles. The van der Waals surface area contributed by atoms with Crippen LogP contribution in [0.2, 0.25) is 10.0 Å². The molecule has 0 aliphatic heterocycles. The topological polar surface area (TPSA) is 54.9 Å². The van der Waals surface area contributed by atoms with Gasteiger partial charge in [-0.1, -0.05) is 40.6 Å². The van der Waals surface area contributed by atoms with Gasteiger partial charge in [-0.3, -0.25) is 4.79 Å². The molecule has 2 aromatic rings. The quantitative estimate of drug-likeness (QED) is 0.903. The van der Waals surface area contributed by atoms with Gasteiger partial charge < -0.3 is 5.32 Å². The Morgan fingerprint density at radius 1 is 1.24 bits per heavy atom. The number of hydrogen-bond donors (Lipinski definition) is 1. The maximum atomic E-state index is 12.3. The largest absolute Gasteiger partial charge is 0.445 e. The second kappa shape index (κ2) is 6.17. The van der Waals surface area contributed by atoms with E-state index >= 15 is 0 Å². The van der Waals surface area contributed by atoms with E-state index in [9.17, 15) is 18.0 Å². The number of aromatic nitrogens is 2. The minimum absolute atomic E-state index is 0.0716. The Labute approximate surface area is 130 Å². The van der Waals surface area contributed by atoms with E-state index in [1.54, 1.807) is 6.07 Å². The Hall–Kier alpha value is -1.38. The Bertz CT molecular complexity index is 675. The molecule has 0 aliphatic carbocycles. The van der Waals surface area contributed by atoms with Crippen LogP contribution in [0.4, 0.5) is 18.3 Å². The molecule has 0 bridgehead atoms. The van der Waals surface area contributed by atoms with Crippen LogP contribution in [0.3, 0.4) is 0 Å². The molecular formula is C11H6Cl2F3N3OS. The highest BCUT2D eigenvalue weighted by atomic mass is 35.5. The van der Waals surface area contributed by atoms with E-state index in [1.807, 2.05) is 0 Å². The lowest BCUT2D eigenvalue weighted by atomic mass is 10.1. The van der Waals surface area contributed by atoms with Crippen LogP contribution >= 0.6 is 34.5 Å². The van der Waals surface area contributed by atoms with Gasteiger partial charge in [0.15, 0.2) is 0 Å². The van der Waals surface area contributed by atoms with E-state index in [1.165, 1.54) is 12.1 Å². The average molecular weight is 356 g/mol. The summed E-state index contributed by atoms with van der Waals surface area (Å²) < 4.78 is 37.0. The molecule has 1 amide bonds. The maximum absolute atomic E-state index is 12.3. The smallest absolute Gasteiger partial charge is 0.300 e. The molecule has 0 atom stereocenters. The lowest BCUT2D eigenvalue weighted by Gasteiger charge is -2.03. The number of carbonyl (C=O) groups excluding carboxylic acids is 1. The highest BCUT2D eigenvalue weighted by Gasteiger charge is 2.35. The molecule has 1 aromatic heterocycles. The van der Waals surface area contributed by atoms with Gasteiger partial charge in [0.2, 0.25) is 16.0 Å². The minimum Gasteiger partial charge on any atom is -0.300 e. The van der Waals surface area contributed by atoms with Crippen LogP contribution in [-0.4, -0.2) is 16.1 Å². The van der Waals surface area contributed by atoms with Gasteiger partial charge in [-0.25, -0.2) is 0 Å². The van der Waals surface area contributed by atoms with Crippen molar-refractivity contribution < 1.29 is 18.0 Å². The highest BCUT2D eigenvalue weighted by molar-refractivity contribution is 7.15. The Morgan fingerprint density at radius 2 is 1.95 bits per heavy atom. The molecule has 0 spiro atoms. The molecule has 0 aliphatic rings. The average Bonchev–Trinajstić information content (AvgIpc) is 2.82. The number of nitrogens with zero attached hydrogens (tertiary/aromatic N) is 2. The van der Waals surface area contributed by atoms with Crippen molar-refractivity contribution in [1.82, 2.24) is 10.2 Å². The summed E-state index contributed by atoms with van der Waals surface area (Å²) in [6.07, 6.45) is -4.65. The summed E-state index contributed by atoms with van der Waals surface area (Å²) in [6, 6.07) is 4.62.